The van der Waals surface area contributed by atoms with E-state index in [1.807, 2.05) is 13.8 Å². The van der Waals surface area contributed by atoms with Gasteiger partial charge in [-0.25, -0.2) is 0 Å². The molecule has 0 aromatic heterocycles. The minimum absolute atomic E-state index is 0.0584. The molecule has 6 nitrogen and oxygen atoms in total. The molecule has 3 atom stereocenters. The van der Waals surface area contributed by atoms with Gasteiger partial charge in [-0.3, -0.25) is 19.3 Å². The fraction of sp³-hybridized carbons (Fsp3) is 0.750. The number of carbonyl (C=O) groups excluding carboxylic acids is 3. The first kappa shape index (κ1) is 14.6. The Balaban J connectivity index is 2.60. The zero-order valence-electron chi connectivity index (χ0n) is 11.1. The maximum atomic E-state index is 11.9. The standard InChI is InChI=1S/C12H21N3O3/c1-4-7(2)10(13)11(17)14-8-5-6-9(16)15(3)12(8)18/h7-8,10H,4-6,13H2,1-3H3,(H,14,17)/t7?,8?,10-/m0/s1. The summed E-state index contributed by atoms with van der Waals surface area (Å²) in [6.07, 6.45) is 1.41. The van der Waals surface area contributed by atoms with Crippen molar-refractivity contribution in [3.8, 4) is 0 Å². The van der Waals surface area contributed by atoms with Gasteiger partial charge in [0.15, 0.2) is 0 Å². The zero-order chi connectivity index (χ0) is 13.9. The Bertz CT molecular complexity index is 356. The van der Waals surface area contributed by atoms with E-state index >= 15 is 0 Å². The number of imide groups is 1. The number of likely N-dealkylation sites (tertiary alicyclic amines) is 1. The molecule has 0 aromatic rings. The number of rotatable bonds is 4. The summed E-state index contributed by atoms with van der Waals surface area (Å²) in [5.41, 5.74) is 5.79. The van der Waals surface area contributed by atoms with E-state index in [9.17, 15) is 14.4 Å². The number of nitrogens with zero attached hydrogens (tertiary/aromatic N) is 1. The lowest BCUT2D eigenvalue weighted by Gasteiger charge is -2.29. The van der Waals surface area contributed by atoms with E-state index < -0.39 is 12.1 Å². The van der Waals surface area contributed by atoms with Crippen molar-refractivity contribution >= 4 is 17.7 Å². The summed E-state index contributed by atoms with van der Waals surface area (Å²) in [4.78, 5) is 36.0. The molecule has 1 saturated heterocycles. The third-order valence-electron chi connectivity index (χ3n) is 3.53. The Morgan fingerprint density at radius 2 is 2.17 bits per heavy atom. The third-order valence-corrected chi connectivity index (χ3v) is 3.53. The Labute approximate surface area is 107 Å². The van der Waals surface area contributed by atoms with Crippen LogP contribution in [0.1, 0.15) is 33.1 Å². The normalized spacial score (nSPS) is 23.8. The average Bonchev–Trinajstić information content (AvgIpc) is 2.37. The first-order valence-corrected chi connectivity index (χ1v) is 6.24. The van der Waals surface area contributed by atoms with Crippen LogP contribution < -0.4 is 11.1 Å². The van der Waals surface area contributed by atoms with Gasteiger partial charge in [0.2, 0.25) is 11.8 Å². The van der Waals surface area contributed by atoms with Crippen molar-refractivity contribution < 1.29 is 14.4 Å². The molecular weight excluding hydrogens is 234 g/mol. The molecule has 1 rings (SSSR count). The lowest BCUT2D eigenvalue weighted by Crippen LogP contribution is -2.56. The fourth-order valence-electron chi connectivity index (χ4n) is 1.83. The third kappa shape index (κ3) is 3.07. The highest BCUT2D eigenvalue weighted by Crippen LogP contribution is 2.12. The van der Waals surface area contributed by atoms with Gasteiger partial charge < -0.3 is 11.1 Å². The summed E-state index contributed by atoms with van der Waals surface area (Å²) in [6, 6.07) is -1.25. The van der Waals surface area contributed by atoms with E-state index in [-0.39, 0.29) is 30.1 Å². The minimum Gasteiger partial charge on any atom is -0.343 e. The van der Waals surface area contributed by atoms with E-state index in [1.54, 1.807) is 0 Å². The van der Waals surface area contributed by atoms with Crippen molar-refractivity contribution in [2.45, 2.75) is 45.2 Å². The molecule has 3 amide bonds. The number of piperidine rings is 1. The van der Waals surface area contributed by atoms with Crippen molar-refractivity contribution in [1.29, 1.82) is 0 Å². The summed E-state index contributed by atoms with van der Waals surface area (Å²) in [5.74, 6) is -0.846. The van der Waals surface area contributed by atoms with Gasteiger partial charge in [0, 0.05) is 13.5 Å². The molecule has 0 saturated carbocycles. The maximum absolute atomic E-state index is 11.9. The summed E-state index contributed by atoms with van der Waals surface area (Å²) in [7, 11) is 1.43. The highest BCUT2D eigenvalue weighted by Gasteiger charge is 2.34. The minimum atomic E-state index is -0.629. The topological polar surface area (TPSA) is 92.5 Å². The van der Waals surface area contributed by atoms with Gasteiger partial charge in [0.05, 0.1) is 6.04 Å². The highest BCUT2D eigenvalue weighted by atomic mass is 16.2. The molecule has 1 aliphatic rings. The van der Waals surface area contributed by atoms with Crippen LogP contribution in [0.4, 0.5) is 0 Å². The summed E-state index contributed by atoms with van der Waals surface area (Å²) in [6.45, 7) is 3.85. The van der Waals surface area contributed by atoms with Crippen LogP contribution in [-0.2, 0) is 14.4 Å². The van der Waals surface area contributed by atoms with Gasteiger partial charge in [-0.2, -0.15) is 0 Å². The largest absolute Gasteiger partial charge is 0.343 e. The van der Waals surface area contributed by atoms with E-state index in [2.05, 4.69) is 5.32 Å². The first-order valence-electron chi connectivity index (χ1n) is 6.24. The van der Waals surface area contributed by atoms with Crippen LogP contribution >= 0.6 is 0 Å². The molecule has 1 aliphatic heterocycles. The van der Waals surface area contributed by atoms with Crippen LogP contribution in [0.25, 0.3) is 0 Å². The summed E-state index contributed by atoms with van der Waals surface area (Å²) < 4.78 is 0. The fourth-order valence-corrected chi connectivity index (χ4v) is 1.83. The van der Waals surface area contributed by atoms with Crippen LogP contribution in [0, 0.1) is 5.92 Å². The molecular formula is C12H21N3O3. The van der Waals surface area contributed by atoms with Crippen molar-refractivity contribution in [1.82, 2.24) is 10.2 Å². The van der Waals surface area contributed by atoms with Crippen LogP contribution in [0.15, 0.2) is 0 Å². The molecule has 6 heteroatoms. The van der Waals surface area contributed by atoms with E-state index in [0.29, 0.717) is 6.42 Å². The number of carbonyl (C=O) groups is 3. The van der Waals surface area contributed by atoms with Crippen molar-refractivity contribution in [3.05, 3.63) is 0 Å². The lowest BCUT2D eigenvalue weighted by molar-refractivity contribution is -0.149. The molecule has 0 aliphatic carbocycles. The van der Waals surface area contributed by atoms with Crippen LogP contribution in [-0.4, -0.2) is 41.8 Å². The Kier molecular flexibility index (Phi) is 4.84. The number of hydrogen-bond donors (Lipinski definition) is 2. The predicted molar refractivity (Wildman–Crippen MR) is 66.4 cm³/mol. The maximum Gasteiger partial charge on any atom is 0.251 e. The quantitative estimate of drug-likeness (QED) is 0.670. The molecule has 3 N–H and O–H groups in total. The summed E-state index contributed by atoms with van der Waals surface area (Å²) >= 11 is 0. The molecule has 102 valence electrons. The molecule has 2 unspecified atom stereocenters. The SMILES string of the molecule is CCC(C)[C@H](N)C(=O)NC1CCC(=O)N(C)C1=O. The second kappa shape index (κ2) is 5.95. The molecule has 1 heterocycles. The van der Waals surface area contributed by atoms with Crippen molar-refractivity contribution in [2.75, 3.05) is 7.05 Å². The Hall–Kier alpha value is -1.43. The van der Waals surface area contributed by atoms with E-state index in [1.165, 1.54) is 7.05 Å². The number of amides is 3. The number of nitrogens with two attached hydrogens (primary N) is 1. The van der Waals surface area contributed by atoms with Crippen LogP contribution in [0.2, 0.25) is 0 Å². The lowest BCUT2D eigenvalue weighted by atomic mass is 9.98. The smallest absolute Gasteiger partial charge is 0.251 e. The molecule has 0 radical (unpaired) electrons. The summed E-state index contributed by atoms with van der Waals surface area (Å²) in [5, 5.41) is 2.63. The van der Waals surface area contributed by atoms with Gasteiger partial charge in [0.1, 0.15) is 6.04 Å². The average molecular weight is 255 g/mol. The van der Waals surface area contributed by atoms with E-state index in [4.69, 9.17) is 5.73 Å². The van der Waals surface area contributed by atoms with Gasteiger partial charge >= 0.3 is 0 Å². The van der Waals surface area contributed by atoms with Crippen LogP contribution in [0.5, 0.6) is 0 Å². The predicted octanol–water partition coefficient (Wildman–Crippen LogP) is -0.377. The molecule has 1 fully saturated rings. The second-order valence-corrected chi connectivity index (χ2v) is 4.80. The van der Waals surface area contributed by atoms with Crippen molar-refractivity contribution in [2.24, 2.45) is 11.7 Å². The van der Waals surface area contributed by atoms with Crippen LogP contribution in [0.3, 0.4) is 0 Å². The monoisotopic (exact) mass is 255 g/mol. The number of likely N-dealkylation sites (N-methyl/N-ethyl adjacent to an activating group) is 1. The zero-order valence-corrected chi connectivity index (χ0v) is 11.1. The number of nitrogens with one attached hydrogen (secondary N) is 1. The highest BCUT2D eigenvalue weighted by molar-refractivity contribution is 6.01. The number of hydrogen-bond acceptors (Lipinski definition) is 4. The first-order chi connectivity index (χ1) is 8.38. The van der Waals surface area contributed by atoms with Gasteiger partial charge in [-0.15, -0.1) is 0 Å². The van der Waals surface area contributed by atoms with E-state index in [0.717, 1.165) is 11.3 Å². The van der Waals surface area contributed by atoms with Crippen molar-refractivity contribution in [3.63, 3.8) is 0 Å². The Morgan fingerprint density at radius 1 is 1.56 bits per heavy atom. The molecule has 0 bridgehead atoms. The van der Waals surface area contributed by atoms with Gasteiger partial charge in [-0.05, 0) is 12.3 Å². The van der Waals surface area contributed by atoms with Gasteiger partial charge in [0.25, 0.3) is 5.91 Å². The molecule has 0 aromatic carbocycles. The Morgan fingerprint density at radius 3 is 2.72 bits per heavy atom. The molecule has 18 heavy (non-hydrogen) atoms. The second-order valence-electron chi connectivity index (χ2n) is 4.80. The van der Waals surface area contributed by atoms with Gasteiger partial charge in [-0.1, -0.05) is 20.3 Å². The molecule has 0 spiro atoms.